The van der Waals surface area contributed by atoms with Crippen molar-refractivity contribution in [2.75, 3.05) is 0 Å². The highest BCUT2D eigenvalue weighted by molar-refractivity contribution is 5.86. The molecule has 8 nitrogen and oxygen atoms in total. The van der Waals surface area contributed by atoms with Gasteiger partial charge in [-0.25, -0.2) is 9.59 Å². The number of carbonyl (C=O) groups is 2. The van der Waals surface area contributed by atoms with E-state index in [2.05, 4.69) is 13.8 Å². The fraction of sp³-hybridized carbons (Fsp3) is 0.645. The van der Waals surface area contributed by atoms with Crippen LogP contribution in [0.25, 0.3) is 0 Å². The van der Waals surface area contributed by atoms with Crippen molar-refractivity contribution in [1.29, 1.82) is 0 Å². The second-order valence-corrected chi connectivity index (χ2v) is 13.0. The van der Waals surface area contributed by atoms with Crippen molar-refractivity contribution in [1.82, 2.24) is 0 Å². The lowest BCUT2D eigenvalue weighted by Gasteiger charge is -2.61. The predicted molar refractivity (Wildman–Crippen MR) is 140 cm³/mol. The molecule has 0 aromatic carbocycles. The number of epoxide rings is 1. The van der Waals surface area contributed by atoms with Crippen LogP contribution in [0.1, 0.15) is 89.2 Å². The second-order valence-electron chi connectivity index (χ2n) is 13.0. The van der Waals surface area contributed by atoms with Gasteiger partial charge in [-0.2, -0.15) is 0 Å². The third-order valence-corrected chi connectivity index (χ3v) is 11.4. The Labute approximate surface area is 228 Å². The molecule has 3 heterocycles. The van der Waals surface area contributed by atoms with Crippen molar-refractivity contribution in [3.63, 3.8) is 0 Å². The maximum Gasteiger partial charge on any atom is 0.374 e. The number of hydrogen-bond donors (Lipinski definition) is 0. The number of hydrogen-bond acceptors (Lipinski definition) is 8. The highest BCUT2D eigenvalue weighted by Crippen LogP contribution is 2.78. The summed E-state index contributed by atoms with van der Waals surface area (Å²) in [7, 11) is 0. The Bertz CT molecular complexity index is 1330. The molecule has 0 amide bonds. The minimum absolute atomic E-state index is 0. The van der Waals surface area contributed by atoms with Gasteiger partial charge in [0.2, 0.25) is 5.76 Å². The Kier molecular flexibility index (Phi) is 5.52. The van der Waals surface area contributed by atoms with Gasteiger partial charge in [0, 0.05) is 25.7 Å². The molecule has 1 unspecified atom stereocenters. The van der Waals surface area contributed by atoms with E-state index in [-0.39, 0.29) is 42.1 Å². The molecular weight excluding hydrogens is 500 g/mol. The first-order chi connectivity index (χ1) is 18.7. The Morgan fingerprint density at radius 2 is 1.85 bits per heavy atom. The lowest BCUT2D eigenvalue weighted by Crippen LogP contribution is -2.58. The van der Waals surface area contributed by atoms with Crippen molar-refractivity contribution in [2.45, 2.75) is 95.5 Å². The van der Waals surface area contributed by atoms with Crippen LogP contribution in [0.4, 0.5) is 0 Å². The van der Waals surface area contributed by atoms with Crippen LogP contribution in [0.5, 0.6) is 0 Å². The normalized spacial score (nSPS) is 43.8. The summed E-state index contributed by atoms with van der Waals surface area (Å²) in [5, 5.41) is 0. The first-order valence-corrected chi connectivity index (χ1v) is 14.4. The monoisotopic (exact) mass is 538 g/mol. The van der Waals surface area contributed by atoms with Crippen LogP contribution < -0.4 is 5.63 Å². The molecule has 1 saturated heterocycles. The molecule has 39 heavy (non-hydrogen) atoms. The second kappa shape index (κ2) is 8.56. The van der Waals surface area contributed by atoms with E-state index in [4.69, 9.17) is 23.0 Å². The van der Waals surface area contributed by atoms with Crippen LogP contribution in [-0.4, -0.2) is 35.9 Å². The molecule has 0 N–H and O–H groups in total. The Morgan fingerprint density at radius 1 is 1.00 bits per heavy atom. The van der Waals surface area contributed by atoms with Gasteiger partial charge in [-0.15, -0.1) is 0 Å². The molecule has 0 radical (unpaired) electrons. The van der Waals surface area contributed by atoms with Gasteiger partial charge < -0.3 is 23.0 Å². The van der Waals surface area contributed by atoms with Crippen molar-refractivity contribution >= 4 is 11.9 Å². The smallest absolute Gasteiger partial charge is 0.374 e. The largest absolute Gasteiger partial charge is 0.463 e. The number of esters is 2. The highest BCUT2D eigenvalue weighted by atomic mass is 16.7. The van der Waals surface area contributed by atoms with E-state index >= 15 is 0 Å². The molecule has 2 aromatic rings. The molecule has 0 bridgehead atoms. The van der Waals surface area contributed by atoms with Gasteiger partial charge in [-0.3, -0.25) is 4.79 Å². The molecule has 4 aliphatic carbocycles. The molecule has 1 aliphatic heterocycles. The highest BCUT2D eigenvalue weighted by Gasteiger charge is 2.84. The maximum absolute atomic E-state index is 13.1. The minimum Gasteiger partial charge on any atom is -0.463 e. The quantitative estimate of drug-likeness (QED) is 0.371. The third-order valence-electron chi connectivity index (χ3n) is 11.4. The summed E-state index contributed by atoms with van der Waals surface area (Å²) in [5.41, 5.74) is -0.0630. The number of carbonyl (C=O) groups excluding carboxylic acids is 2. The molecule has 210 valence electrons. The molecule has 5 fully saturated rings. The SMILES string of the molecule is CC(=O)O[C@H]1CC[C@]2(C)C3CC[C@]4(C)[C@@H](c5ccc(=O)oc5)[C@@H](OC(=O)c5ccco5)[C@H]5O[C@]54[C@@H]3CC[C@@H]2C1.[HH]. The Hall–Kier alpha value is -2.87. The zero-order valence-electron chi connectivity index (χ0n) is 22.7. The minimum atomic E-state index is -0.510. The van der Waals surface area contributed by atoms with Gasteiger partial charge >= 0.3 is 17.6 Å². The molecule has 2 aromatic heterocycles. The van der Waals surface area contributed by atoms with Crippen LogP contribution in [-0.2, 0) is 19.0 Å². The molecule has 8 heteroatoms. The van der Waals surface area contributed by atoms with E-state index in [0.29, 0.717) is 17.8 Å². The van der Waals surface area contributed by atoms with Gasteiger partial charge in [-0.1, -0.05) is 13.8 Å². The fourth-order valence-corrected chi connectivity index (χ4v) is 9.81. The number of fused-ring (bicyclic) bond motifs is 3. The van der Waals surface area contributed by atoms with E-state index in [9.17, 15) is 14.4 Å². The van der Waals surface area contributed by atoms with E-state index in [1.54, 1.807) is 12.1 Å². The van der Waals surface area contributed by atoms with Crippen LogP contribution in [0.2, 0.25) is 0 Å². The van der Waals surface area contributed by atoms with Crippen molar-refractivity contribution < 1.29 is 34.1 Å². The third kappa shape index (κ3) is 3.49. The van der Waals surface area contributed by atoms with Gasteiger partial charge in [0.25, 0.3) is 0 Å². The first kappa shape index (κ1) is 25.1. The van der Waals surface area contributed by atoms with Crippen LogP contribution in [0.3, 0.4) is 0 Å². The first-order valence-electron chi connectivity index (χ1n) is 14.4. The van der Waals surface area contributed by atoms with Crippen LogP contribution in [0, 0.1) is 28.6 Å². The molecule has 5 aliphatic rings. The van der Waals surface area contributed by atoms with E-state index in [0.717, 1.165) is 50.5 Å². The van der Waals surface area contributed by atoms with E-state index in [1.165, 1.54) is 25.5 Å². The number of ether oxygens (including phenoxy) is 3. The van der Waals surface area contributed by atoms with Crippen molar-refractivity contribution in [2.24, 2.45) is 28.6 Å². The summed E-state index contributed by atoms with van der Waals surface area (Å²) in [6.45, 7) is 6.23. The van der Waals surface area contributed by atoms with Gasteiger partial charge in [0.15, 0.2) is 0 Å². The summed E-state index contributed by atoms with van der Waals surface area (Å²) >= 11 is 0. The lowest BCUT2D eigenvalue weighted by atomic mass is 9.44. The zero-order valence-corrected chi connectivity index (χ0v) is 22.7. The van der Waals surface area contributed by atoms with Crippen molar-refractivity contribution in [3.8, 4) is 0 Å². The number of furan rings is 1. The van der Waals surface area contributed by atoms with E-state index in [1.807, 2.05) is 6.07 Å². The van der Waals surface area contributed by atoms with Gasteiger partial charge in [0.1, 0.15) is 23.9 Å². The standard InChI is InChI=1S/C31H36O8.H2/c1-17(32)37-20-10-12-29(2)19(15-20)7-8-22-21(29)11-13-30(3)25(18-6-9-24(33)36-16-18)26(27-31(22,30)39-27)38-28(34)23-5-4-14-35-23;/h4-6,9,14,16,19-22,25-27H,7-8,10-13,15H2,1-3H3;1H/t19-,20+,21?,22-,25+,26-,27-,29+,30-,31-;/m1./s1. The van der Waals surface area contributed by atoms with Crippen LogP contribution >= 0.6 is 0 Å². The summed E-state index contributed by atoms with van der Waals surface area (Å²) in [4.78, 5) is 36.6. The molecular formula is C31H38O8. The Morgan fingerprint density at radius 3 is 2.56 bits per heavy atom. The topological polar surface area (TPSA) is 108 Å². The maximum atomic E-state index is 13.1. The zero-order chi connectivity index (χ0) is 27.2. The molecule has 4 saturated carbocycles. The Balaban J connectivity index is 0.00000289. The molecule has 10 atom stereocenters. The van der Waals surface area contributed by atoms with Crippen LogP contribution in [0.15, 0.2) is 50.4 Å². The van der Waals surface area contributed by atoms with Gasteiger partial charge in [0.05, 0.1) is 12.5 Å². The summed E-state index contributed by atoms with van der Waals surface area (Å²) in [6, 6.07) is 6.54. The fourth-order valence-electron chi connectivity index (χ4n) is 9.81. The summed E-state index contributed by atoms with van der Waals surface area (Å²) in [6.07, 6.45) is 9.27. The molecule has 7 rings (SSSR count). The summed E-state index contributed by atoms with van der Waals surface area (Å²) in [5.74, 6) is 0.658. The average molecular weight is 539 g/mol. The average Bonchev–Trinajstić information content (AvgIpc) is 3.30. The predicted octanol–water partition coefficient (Wildman–Crippen LogP) is 5.50. The van der Waals surface area contributed by atoms with Crippen molar-refractivity contribution in [3.05, 3.63) is 58.5 Å². The van der Waals surface area contributed by atoms with Gasteiger partial charge in [-0.05, 0) is 91.9 Å². The summed E-state index contributed by atoms with van der Waals surface area (Å²) < 4.78 is 29.2. The van der Waals surface area contributed by atoms with E-state index < -0.39 is 23.3 Å². The number of rotatable bonds is 4. The lowest BCUT2D eigenvalue weighted by molar-refractivity contribution is -0.164. The molecule has 1 spiro atoms.